The summed E-state index contributed by atoms with van der Waals surface area (Å²) in [6.45, 7) is 5.12. The number of amides is 1. The first-order chi connectivity index (χ1) is 10.9. The van der Waals surface area contributed by atoms with Gasteiger partial charge in [0.1, 0.15) is 0 Å². The summed E-state index contributed by atoms with van der Waals surface area (Å²) in [6, 6.07) is 4.63. The lowest BCUT2D eigenvalue weighted by atomic mass is 10.1. The van der Waals surface area contributed by atoms with Crippen molar-refractivity contribution in [1.82, 2.24) is 4.90 Å². The van der Waals surface area contributed by atoms with E-state index in [-0.39, 0.29) is 17.5 Å². The molecule has 23 heavy (non-hydrogen) atoms. The number of carboxylic acid groups (broad SMARTS) is 1. The molecule has 1 N–H and O–H groups in total. The summed E-state index contributed by atoms with van der Waals surface area (Å²) < 4.78 is 5.26. The third-order valence-electron chi connectivity index (χ3n) is 3.29. The fraction of sp³-hybridized carbons (Fsp3) is 0.500. The van der Waals surface area contributed by atoms with Crippen LogP contribution in [0.15, 0.2) is 18.2 Å². The Balaban J connectivity index is 2.85. The molecule has 7 heteroatoms. The minimum Gasteiger partial charge on any atom is -0.481 e. The zero-order valence-corrected chi connectivity index (χ0v) is 14.7. The number of hydrogen-bond acceptors (Lipinski definition) is 3. The van der Waals surface area contributed by atoms with E-state index in [2.05, 4.69) is 0 Å². The lowest BCUT2D eigenvalue weighted by Gasteiger charge is -2.25. The van der Waals surface area contributed by atoms with Crippen LogP contribution in [-0.4, -0.2) is 48.2 Å². The van der Waals surface area contributed by atoms with Crippen LogP contribution in [0, 0.1) is 5.92 Å². The molecule has 0 aromatic heterocycles. The molecule has 0 aliphatic rings. The van der Waals surface area contributed by atoms with Crippen molar-refractivity contribution in [2.24, 2.45) is 5.92 Å². The van der Waals surface area contributed by atoms with E-state index in [1.165, 1.54) is 11.0 Å². The van der Waals surface area contributed by atoms with Gasteiger partial charge in [-0.1, -0.05) is 30.1 Å². The summed E-state index contributed by atoms with van der Waals surface area (Å²) in [6.07, 6.45) is 0.632. The first kappa shape index (κ1) is 19.7. The second-order valence-electron chi connectivity index (χ2n) is 5.17. The van der Waals surface area contributed by atoms with Crippen molar-refractivity contribution in [1.29, 1.82) is 0 Å². The van der Waals surface area contributed by atoms with Crippen molar-refractivity contribution in [3.8, 4) is 0 Å². The smallest absolute Gasteiger partial charge is 0.308 e. The molecule has 0 spiro atoms. The van der Waals surface area contributed by atoms with E-state index < -0.39 is 11.9 Å². The van der Waals surface area contributed by atoms with Crippen LogP contribution in [0.1, 0.15) is 30.6 Å². The van der Waals surface area contributed by atoms with E-state index >= 15 is 0 Å². The highest BCUT2D eigenvalue weighted by Gasteiger charge is 2.22. The van der Waals surface area contributed by atoms with Gasteiger partial charge in [0.05, 0.1) is 16.0 Å². The van der Waals surface area contributed by atoms with E-state index in [1.54, 1.807) is 19.1 Å². The largest absolute Gasteiger partial charge is 0.481 e. The van der Waals surface area contributed by atoms with Gasteiger partial charge in [0.2, 0.25) is 0 Å². The van der Waals surface area contributed by atoms with Crippen LogP contribution in [0.2, 0.25) is 10.0 Å². The Labute approximate surface area is 146 Å². The van der Waals surface area contributed by atoms with Gasteiger partial charge >= 0.3 is 5.97 Å². The van der Waals surface area contributed by atoms with E-state index in [4.69, 9.17) is 33.0 Å². The number of carboxylic acids is 1. The van der Waals surface area contributed by atoms with Gasteiger partial charge in [-0.3, -0.25) is 9.59 Å². The number of carbonyl (C=O) groups excluding carboxylic acids is 1. The molecule has 0 heterocycles. The average molecular weight is 362 g/mol. The maximum absolute atomic E-state index is 12.6. The number of benzene rings is 1. The molecule has 0 saturated carbocycles. The summed E-state index contributed by atoms with van der Waals surface area (Å²) in [7, 11) is 0. The molecule has 0 saturated heterocycles. The zero-order chi connectivity index (χ0) is 17.4. The maximum atomic E-state index is 12.6. The topological polar surface area (TPSA) is 66.8 Å². The molecule has 1 amide bonds. The Morgan fingerprint density at radius 2 is 2.00 bits per heavy atom. The van der Waals surface area contributed by atoms with Gasteiger partial charge in [0.15, 0.2) is 0 Å². The van der Waals surface area contributed by atoms with Crippen LogP contribution in [0.4, 0.5) is 0 Å². The van der Waals surface area contributed by atoms with Crippen LogP contribution < -0.4 is 0 Å². The van der Waals surface area contributed by atoms with E-state index in [1.807, 2.05) is 6.92 Å². The van der Waals surface area contributed by atoms with Gasteiger partial charge in [0, 0.05) is 31.9 Å². The molecule has 128 valence electrons. The van der Waals surface area contributed by atoms with Gasteiger partial charge in [-0.25, -0.2) is 0 Å². The van der Waals surface area contributed by atoms with Gasteiger partial charge in [-0.05, 0) is 31.5 Å². The zero-order valence-electron chi connectivity index (χ0n) is 13.2. The van der Waals surface area contributed by atoms with E-state index in [0.717, 1.165) is 0 Å². The minimum atomic E-state index is -0.943. The highest BCUT2D eigenvalue weighted by Crippen LogP contribution is 2.23. The quantitative estimate of drug-likeness (QED) is 0.682. The van der Waals surface area contributed by atoms with Gasteiger partial charge in [-0.15, -0.1) is 0 Å². The lowest BCUT2D eigenvalue weighted by Crippen LogP contribution is -2.38. The van der Waals surface area contributed by atoms with Crippen molar-refractivity contribution in [3.63, 3.8) is 0 Å². The van der Waals surface area contributed by atoms with Crippen molar-refractivity contribution in [2.75, 3.05) is 26.3 Å². The monoisotopic (exact) mass is 361 g/mol. The SMILES string of the molecule is CCOCCCN(CC(C)C(=O)O)C(=O)c1ccc(Cl)c(Cl)c1. The Morgan fingerprint density at radius 1 is 1.30 bits per heavy atom. The molecule has 5 nitrogen and oxygen atoms in total. The predicted molar refractivity (Wildman–Crippen MR) is 90.3 cm³/mol. The first-order valence-corrected chi connectivity index (χ1v) is 8.17. The molecule has 1 atom stereocenters. The van der Waals surface area contributed by atoms with Crippen LogP contribution in [0.3, 0.4) is 0 Å². The molecule has 0 aliphatic carbocycles. The van der Waals surface area contributed by atoms with Crippen LogP contribution in [0.25, 0.3) is 0 Å². The van der Waals surface area contributed by atoms with Crippen molar-refractivity contribution < 1.29 is 19.4 Å². The number of rotatable bonds is 9. The molecule has 1 unspecified atom stereocenters. The van der Waals surface area contributed by atoms with Crippen molar-refractivity contribution >= 4 is 35.1 Å². The lowest BCUT2D eigenvalue weighted by molar-refractivity contribution is -0.141. The Hall–Kier alpha value is -1.30. The molecule has 0 bridgehead atoms. The van der Waals surface area contributed by atoms with Crippen LogP contribution in [0.5, 0.6) is 0 Å². The summed E-state index contributed by atoms with van der Waals surface area (Å²) in [5, 5.41) is 9.73. The maximum Gasteiger partial charge on any atom is 0.308 e. The second-order valence-corrected chi connectivity index (χ2v) is 5.98. The first-order valence-electron chi connectivity index (χ1n) is 7.41. The second kappa shape index (κ2) is 9.75. The van der Waals surface area contributed by atoms with E-state index in [9.17, 15) is 9.59 Å². The minimum absolute atomic E-state index is 0.126. The average Bonchev–Trinajstić information content (AvgIpc) is 2.52. The summed E-state index contributed by atoms with van der Waals surface area (Å²) in [4.78, 5) is 25.2. The molecular formula is C16H21Cl2NO4. The van der Waals surface area contributed by atoms with Gasteiger partial charge in [-0.2, -0.15) is 0 Å². The number of ether oxygens (including phenoxy) is 1. The third-order valence-corrected chi connectivity index (χ3v) is 4.03. The normalized spacial score (nSPS) is 12.0. The molecule has 1 rings (SSSR count). The Kier molecular flexibility index (Phi) is 8.37. The summed E-state index contributed by atoms with van der Waals surface area (Å²) in [5.74, 6) is -1.87. The third kappa shape index (κ3) is 6.37. The Morgan fingerprint density at radius 3 is 2.57 bits per heavy atom. The highest BCUT2D eigenvalue weighted by atomic mass is 35.5. The fourth-order valence-electron chi connectivity index (χ4n) is 2.00. The summed E-state index contributed by atoms with van der Waals surface area (Å²) >= 11 is 11.8. The van der Waals surface area contributed by atoms with Crippen molar-refractivity contribution in [2.45, 2.75) is 20.3 Å². The molecule has 1 aromatic carbocycles. The number of halogens is 2. The van der Waals surface area contributed by atoms with Gasteiger partial charge < -0.3 is 14.7 Å². The molecule has 1 aromatic rings. The molecule has 0 fully saturated rings. The Bertz CT molecular complexity index is 551. The van der Waals surface area contributed by atoms with Crippen LogP contribution >= 0.6 is 23.2 Å². The van der Waals surface area contributed by atoms with Gasteiger partial charge in [0.25, 0.3) is 5.91 Å². The number of aliphatic carboxylic acids is 1. The predicted octanol–water partition coefficient (Wildman–Crippen LogP) is 3.58. The number of hydrogen-bond donors (Lipinski definition) is 1. The summed E-state index contributed by atoms with van der Waals surface area (Å²) in [5.41, 5.74) is 0.383. The fourth-order valence-corrected chi connectivity index (χ4v) is 2.30. The number of nitrogens with zero attached hydrogens (tertiary/aromatic N) is 1. The molecule has 0 radical (unpaired) electrons. The van der Waals surface area contributed by atoms with Crippen molar-refractivity contribution in [3.05, 3.63) is 33.8 Å². The van der Waals surface area contributed by atoms with Crippen LogP contribution in [-0.2, 0) is 9.53 Å². The molecular weight excluding hydrogens is 341 g/mol. The van der Waals surface area contributed by atoms with E-state index in [0.29, 0.717) is 36.8 Å². The number of carbonyl (C=O) groups is 2. The molecule has 0 aliphatic heterocycles. The standard InChI is InChI=1S/C16H21Cl2NO4/c1-3-23-8-4-7-19(10-11(2)16(21)22)15(20)12-5-6-13(17)14(18)9-12/h5-6,9,11H,3-4,7-8,10H2,1-2H3,(H,21,22). The highest BCUT2D eigenvalue weighted by molar-refractivity contribution is 6.42.